The van der Waals surface area contributed by atoms with Gasteiger partial charge in [-0.25, -0.2) is 4.79 Å². The van der Waals surface area contributed by atoms with E-state index in [1.165, 1.54) is 0 Å². The predicted octanol–water partition coefficient (Wildman–Crippen LogP) is 0.669. The lowest BCUT2D eigenvalue weighted by Crippen LogP contribution is -2.48. The summed E-state index contributed by atoms with van der Waals surface area (Å²) >= 11 is 0. The van der Waals surface area contributed by atoms with Gasteiger partial charge in [0.15, 0.2) is 6.29 Å². The molecule has 1 aliphatic rings. The molecule has 1 aliphatic heterocycles. The maximum Gasteiger partial charge on any atom is 0.327 e. The minimum Gasteiger partial charge on any atom is -0.478 e. The Bertz CT molecular complexity index is 316. The second-order valence-electron chi connectivity index (χ2n) is 4.84. The number of aliphatic hydroxyl groups excluding tert-OH is 2. The third-order valence-electron chi connectivity index (χ3n) is 3.05. The van der Waals surface area contributed by atoms with E-state index >= 15 is 0 Å². The first kappa shape index (κ1) is 16.1. The van der Waals surface area contributed by atoms with Crippen LogP contribution < -0.4 is 0 Å². The van der Waals surface area contributed by atoms with Crippen LogP contribution in [0.5, 0.6) is 0 Å². The first-order valence-corrected chi connectivity index (χ1v) is 6.46. The Hall–Kier alpha value is -0.950. The van der Waals surface area contributed by atoms with Crippen molar-refractivity contribution in [3.63, 3.8) is 0 Å². The summed E-state index contributed by atoms with van der Waals surface area (Å²) in [5, 5.41) is 27.7. The third-order valence-corrected chi connectivity index (χ3v) is 3.05. The lowest BCUT2D eigenvalue weighted by atomic mass is 10.0. The summed E-state index contributed by atoms with van der Waals surface area (Å²) in [5.41, 5.74) is 0. The standard InChI is InChI=1S/C13H22O6/c1-8(5-3-4-6-12(16)17)18-13-11(15)7-10(14)9(2)19-13/h4,6,8-11,13-15H,3,5,7H2,1-2H3,(H,16,17)/b6-4+/t8-,9+,10?,11-,13?/m1/s1. The molecule has 0 aliphatic carbocycles. The van der Waals surface area contributed by atoms with E-state index in [1.807, 2.05) is 6.92 Å². The molecule has 0 aromatic rings. The molecule has 3 N–H and O–H groups in total. The number of carbonyl (C=O) groups is 1. The number of aliphatic hydroxyl groups is 2. The number of aliphatic carboxylic acids is 1. The number of rotatable bonds is 6. The summed E-state index contributed by atoms with van der Waals surface area (Å²) in [6.45, 7) is 3.56. The molecule has 0 saturated carbocycles. The molecule has 2 unspecified atom stereocenters. The topological polar surface area (TPSA) is 96.2 Å². The van der Waals surface area contributed by atoms with Gasteiger partial charge in [0.05, 0.1) is 18.3 Å². The molecule has 0 spiro atoms. The Morgan fingerprint density at radius 2 is 2.16 bits per heavy atom. The fourth-order valence-electron chi connectivity index (χ4n) is 1.88. The van der Waals surface area contributed by atoms with Crippen molar-refractivity contribution in [1.82, 2.24) is 0 Å². The predicted molar refractivity (Wildman–Crippen MR) is 67.5 cm³/mol. The summed E-state index contributed by atoms with van der Waals surface area (Å²) in [7, 11) is 0. The Balaban J connectivity index is 2.31. The maximum absolute atomic E-state index is 10.3. The lowest BCUT2D eigenvalue weighted by molar-refractivity contribution is -0.273. The molecule has 0 radical (unpaired) electrons. The van der Waals surface area contributed by atoms with Crippen LogP contribution in [0.3, 0.4) is 0 Å². The van der Waals surface area contributed by atoms with Crippen LogP contribution in [0.4, 0.5) is 0 Å². The summed E-state index contributed by atoms with van der Waals surface area (Å²) in [4.78, 5) is 10.3. The van der Waals surface area contributed by atoms with E-state index in [9.17, 15) is 15.0 Å². The Morgan fingerprint density at radius 1 is 1.47 bits per heavy atom. The fraction of sp³-hybridized carbons (Fsp3) is 0.769. The third kappa shape index (κ3) is 5.69. The van der Waals surface area contributed by atoms with E-state index in [1.54, 1.807) is 13.0 Å². The molecule has 0 amide bonds. The number of allylic oxidation sites excluding steroid dienone is 1. The first-order valence-electron chi connectivity index (χ1n) is 6.46. The highest BCUT2D eigenvalue weighted by Gasteiger charge is 2.35. The van der Waals surface area contributed by atoms with Gasteiger partial charge >= 0.3 is 5.97 Å². The molecule has 6 nitrogen and oxygen atoms in total. The largest absolute Gasteiger partial charge is 0.478 e. The minimum absolute atomic E-state index is 0.166. The van der Waals surface area contributed by atoms with E-state index in [4.69, 9.17) is 14.6 Å². The fourth-order valence-corrected chi connectivity index (χ4v) is 1.88. The molecule has 1 heterocycles. The molecule has 0 bridgehead atoms. The van der Waals surface area contributed by atoms with Crippen molar-refractivity contribution in [2.75, 3.05) is 0 Å². The van der Waals surface area contributed by atoms with E-state index in [0.29, 0.717) is 12.8 Å². The van der Waals surface area contributed by atoms with Gasteiger partial charge in [-0.05, 0) is 26.7 Å². The summed E-state index contributed by atoms with van der Waals surface area (Å²) < 4.78 is 11.0. The Kier molecular flexibility index (Phi) is 6.44. The second kappa shape index (κ2) is 7.59. The summed E-state index contributed by atoms with van der Waals surface area (Å²) in [5.74, 6) is -0.970. The van der Waals surface area contributed by atoms with Crippen molar-refractivity contribution in [1.29, 1.82) is 0 Å². The van der Waals surface area contributed by atoms with Crippen molar-refractivity contribution in [2.45, 2.75) is 63.8 Å². The van der Waals surface area contributed by atoms with Gasteiger partial charge in [0.2, 0.25) is 0 Å². The molecule has 1 saturated heterocycles. The lowest BCUT2D eigenvalue weighted by Gasteiger charge is -2.36. The molecule has 5 atom stereocenters. The number of carboxylic acids is 1. The average Bonchev–Trinajstić information content (AvgIpc) is 2.31. The summed E-state index contributed by atoms with van der Waals surface area (Å²) in [6.07, 6.45) is 1.31. The molecular formula is C13H22O6. The van der Waals surface area contributed by atoms with Crippen LogP contribution in [-0.2, 0) is 14.3 Å². The van der Waals surface area contributed by atoms with Gasteiger partial charge in [0, 0.05) is 12.5 Å². The van der Waals surface area contributed by atoms with E-state index < -0.39 is 24.5 Å². The Morgan fingerprint density at radius 3 is 2.79 bits per heavy atom. The second-order valence-corrected chi connectivity index (χ2v) is 4.84. The molecule has 110 valence electrons. The molecule has 1 rings (SSSR count). The van der Waals surface area contributed by atoms with Crippen LogP contribution in [0.1, 0.15) is 33.1 Å². The van der Waals surface area contributed by atoms with Gasteiger partial charge in [0.25, 0.3) is 0 Å². The first-order chi connectivity index (χ1) is 8.90. The summed E-state index contributed by atoms with van der Waals surface area (Å²) in [6, 6.07) is 0. The zero-order chi connectivity index (χ0) is 14.4. The monoisotopic (exact) mass is 274 g/mol. The molecule has 1 fully saturated rings. The van der Waals surface area contributed by atoms with Crippen LogP contribution >= 0.6 is 0 Å². The highest BCUT2D eigenvalue weighted by Crippen LogP contribution is 2.22. The average molecular weight is 274 g/mol. The van der Waals surface area contributed by atoms with Gasteiger partial charge in [-0.1, -0.05) is 6.08 Å². The Labute approximate surface area is 112 Å². The van der Waals surface area contributed by atoms with Crippen molar-refractivity contribution < 1.29 is 29.6 Å². The van der Waals surface area contributed by atoms with E-state index in [-0.39, 0.29) is 18.6 Å². The van der Waals surface area contributed by atoms with Crippen LogP contribution in [0, 0.1) is 0 Å². The van der Waals surface area contributed by atoms with Crippen LogP contribution in [-0.4, -0.2) is 52.0 Å². The van der Waals surface area contributed by atoms with Gasteiger partial charge in [0.1, 0.15) is 6.10 Å². The van der Waals surface area contributed by atoms with Crippen molar-refractivity contribution >= 4 is 5.97 Å². The van der Waals surface area contributed by atoms with Crippen LogP contribution in [0.25, 0.3) is 0 Å². The highest BCUT2D eigenvalue weighted by molar-refractivity contribution is 5.79. The molecule has 0 aromatic carbocycles. The number of hydrogen-bond acceptors (Lipinski definition) is 5. The molecule has 6 heteroatoms. The smallest absolute Gasteiger partial charge is 0.327 e. The zero-order valence-corrected chi connectivity index (χ0v) is 11.2. The number of hydrogen-bond donors (Lipinski definition) is 3. The normalized spacial score (nSPS) is 33.5. The molecule has 0 aromatic heterocycles. The SMILES string of the molecule is C[C@H](CC/C=C/C(=O)O)OC1O[C@@H](C)C(O)C[C@H]1O. The zero-order valence-electron chi connectivity index (χ0n) is 11.2. The van der Waals surface area contributed by atoms with Gasteiger partial charge in [-0.15, -0.1) is 0 Å². The van der Waals surface area contributed by atoms with Crippen molar-refractivity contribution in [3.8, 4) is 0 Å². The van der Waals surface area contributed by atoms with Gasteiger partial charge in [-0.2, -0.15) is 0 Å². The van der Waals surface area contributed by atoms with Crippen molar-refractivity contribution in [3.05, 3.63) is 12.2 Å². The van der Waals surface area contributed by atoms with E-state index in [0.717, 1.165) is 6.08 Å². The van der Waals surface area contributed by atoms with E-state index in [2.05, 4.69) is 0 Å². The molecule has 19 heavy (non-hydrogen) atoms. The number of ether oxygens (including phenoxy) is 2. The highest BCUT2D eigenvalue weighted by atomic mass is 16.7. The minimum atomic E-state index is -0.970. The van der Waals surface area contributed by atoms with Gasteiger partial charge in [-0.3, -0.25) is 0 Å². The molecular weight excluding hydrogens is 252 g/mol. The number of carboxylic acid groups (broad SMARTS) is 1. The quantitative estimate of drug-likeness (QED) is 0.616. The van der Waals surface area contributed by atoms with Crippen LogP contribution in [0.2, 0.25) is 0 Å². The van der Waals surface area contributed by atoms with Crippen LogP contribution in [0.15, 0.2) is 12.2 Å². The van der Waals surface area contributed by atoms with Crippen molar-refractivity contribution in [2.24, 2.45) is 0 Å². The van der Waals surface area contributed by atoms with Gasteiger partial charge < -0.3 is 24.8 Å². The maximum atomic E-state index is 10.3.